The highest BCUT2D eigenvalue weighted by Gasteiger charge is 2.35. The average molecular weight is 464 g/mol. The quantitative estimate of drug-likeness (QED) is 0.346. The first-order valence-corrected chi connectivity index (χ1v) is 9.46. The summed E-state index contributed by atoms with van der Waals surface area (Å²) in [5.41, 5.74) is -1.32. The van der Waals surface area contributed by atoms with Gasteiger partial charge in [0.25, 0.3) is 5.92 Å². The van der Waals surface area contributed by atoms with Crippen LogP contribution in [-0.2, 0) is 12.1 Å². The maximum atomic E-state index is 14.7. The molecule has 0 unspecified atom stereocenters. The van der Waals surface area contributed by atoms with Crippen LogP contribution in [0.15, 0.2) is 67.1 Å². The SMILES string of the molecule is Fc1cc(Oc2ccc(C(F)(F)F)cn2)ccc1C(F)(F)CNc1ncnc2ccccc12. The highest BCUT2D eigenvalue weighted by atomic mass is 19.4. The van der Waals surface area contributed by atoms with E-state index in [2.05, 4.69) is 20.3 Å². The zero-order chi connectivity index (χ0) is 23.6. The first-order chi connectivity index (χ1) is 15.6. The second-order valence-electron chi connectivity index (χ2n) is 6.92. The van der Waals surface area contributed by atoms with Crippen LogP contribution in [0, 0.1) is 5.82 Å². The van der Waals surface area contributed by atoms with E-state index < -0.39 is 35.6 Å². The number of aromatic nitrogens is 3. The van der Waals surface area contributed by atoms with Gasteiger partial charge in [0.1, 0.15) is 23.7 Å². The van der Waals surface area contributed by atoms with Crippen molar-refractivity contribution < 1.29 is 31.1 Å². The van der Waals surface area contributed by atoms with Crippen molar-refractivity contribution >= 4 is 16.7 Å². The molecule has 0 spiro atoms. The molecule has 0 radical (unpaired) electrons. The summed E-state index contributed by atoms with van der Waals surface area (Å²) in [5, 5.41) is 3.06. The largest absolute Gasteiger partial charge is 0.439 e. The van der Waals surface area contributed by atoms with Crippen molar-refractivity contribution in [2.24, 2.45) is 0 Å². The summed E-state index contributed by atoms with van der Waals surface area (Å²) >= 11 is 0. The third kappa shape index (κ3) is 4.97. The molecule has 170 valence electrons. The summed E-state index contributed by atoms with van der Waals surface area (Å²) in [4.78, 5) is 11.5. The first-order valence-electron chi connectivity index (χ1n) is 9.46. The summed E-state index contributed by atoms with van der Waals surface area (Å²) < 4.78 is 86.8. The van der Waals surface area contributed by atoms with Crippen LogP contribution in [0.3, 0.4) is 0 Å². The monoisotopic (exact) mass is 464 g/mol. The Morgan fingerprint density at radius 3 is 2.36 bits per heavy atom. The average Bonchev–Trinajstić information content (AvgIpc) is 2.77. The Morgan fingerprint density at radius 2 is 1.67 bits per heavy atom. The molecule has 33 heavy (non-hydrogen) atoms. The van der Waals surface area contributed by atoms with Gasteiger partial charge in [0, 0.05) is 23.7 Å². The molecule has 2 heterocycles. The molecule has 5 nitrogen and oxygen atoms in total. The number of halogens is 6. The minimum atomic E-state index is -4.57. The fourth-order valence-corrected chi connectivity index (χ4v) is 3.02. The molecular formula is C22H14F6N4O. The molecule has 0 saturated heterocycles. The van der Waals surface area contributed by atoms with Gasteiger partial charge in [0.15, 0.2) is 0 Å². The number of hydrogen-bond acceptors (Lipinski definition) is 5. The number of fused-ring (bicyclic) bond motifs is 1. The number of benzene rings is 2. The van der Waals surface area contributed by atoms with Gasteiger partial charge in [-0.1, -0.05) is 12.1 Å². The van der Waals surface area contributed by atoms with Crippen molar-refractivity contribution in [2.75, 3.05) is 11.9 Å². The molecule has 0 bridgehead atoms. The Morgan fingerprint density at radius 1 is 0.879 bits per heavy atom. The lowest BCUT2D eigenvalue weighted by Gasteiger charge is -2.19. The van der Waals surface area contributed by atoms with Gasteiger partial charge in [-0.05, 0) is 30.3 Å². The van der Waals surface area contributed by atoms with Crippen molar-refractivity contribution in [3.63, 3.8) is 0 Å². The number of alkyl halides is 5. The normalized spacial score (nSPS) is 12.1. The lowest BCUT2D eigenvalue weighted by molar-refractivity contribution is -0.137. The highest BCUT2D eigenvalue weighted by molar-refractivity contribution is 5.88. The summed E-state index contributed by atoms with van der Waals surface area (Å²) in [5.74, 6) is -5.14. The van der Waals surface area contributed by atoms with Gasteiger partial charge < -0.3 is 10.1 Å². The van der Waals surface area contributed by atoms with Crippen molar-refractivity contribution in [1.29, 1.82) is 0 Å². The summed E-state index contributed by atoms with van der Waals surface area (Å²) in [6.07, 6.45) is -2.79. The number of nitrogens with one attached hydrogen (secondary N) is 1. The van der Waals surface area contributed by atoms with Crippen LogP contribution in [0.4, 0.5) is 32.2 Å². The molecule has 2 aromatic carbocycles. The minimum absolute atomic E-state index is 0.175. The second-order valence-corrected chi connectivity index (χ2v) is 6.92. The Balaban J connectivity index is 1.48. The Hall–Kier alpha value is -3.89. The number of ether oxygens (including phenoxy) is 1. The lowest BCUT2D eigenvalue weighted by Crippen LogP contribution is -2.26. The number of rotatable bonds is 6. The van der Waals surface area contributed by atoms with E-state index in [0.717, 1.165) is 24.3 Å². The number of anilines is 1. The van der Waals surface area contributed by atoms with Crippen molar-refractivity contribution in [1.82, 2.24) is 15.0 Å². The maximum absolute atomic E-state index is 14.7. The molecular weight excluding hydrogens is 450 g/mol. The third-order valence-electron chi connectivity index (χ3n) is 4.64. The van der Waals surface area contributed by atoms with Crippen LogP contribution < -0.4 is 10.1 Å². The van der Waals surface area contributed by atoms with Crippen LogP contribution >= 0.6 is 0 Å². The summed E-state index contributed by atoms with van der Waals surface area (Å²) in [6.45, 7) is -0.939. The van der Waals surface area contributed by atoms with E-state index >= 15 is 0 Å². The van der Waals surface area contributed by atoms with E-state index in [-0.39, 0.29) is 17.4 Å². The third-order valence-corrected chi connectivity index (χ3v) is 4.64. The Labute approximate surface area is 183 Å². The van der Waals surface area contributed by atoms with Crippen LogP contribution in [0.5, 0.6) is 11.6 Å². The number of para-hydroxylation sites is 1. The van der Waals surface area contributed by atoms with E-state index in [0.29, 0.717) is 23.2 Å². The van der Waals surface area contributed by atoms with Gasteiger partial charge >= 0.3 is 6.18 Å². The number of hydrogen-bond donors (Lipinski definition) is 1. The molecule has 1 N–H and O–H groups in total. The molecule has 0 saturated carbocycles. The van der Waals surface area contributed by atoms with Gasteiger partial charge in [0.2, 0.25) is 5.88 Å². The van der Waals surface area contributed by atoms with Crippen LogP contribution in [-0.4, -0.2) is 21.5 Å². The van der Waals surface area contributed by atoms with Gasteiger partial charge in [-0.3, -0.25) is 0 Å². The van der Waals surface area contributed by atoms with Crippen molar-refractivity contribution in [2.45, 2.75) is 12.1 Å². The second kappa shape index (κ2) is 8.57. The zero-order valence-corrected chi connectivity index (χ0v) is 16.6. The zero-order valence-electron chi connectivity index (χ0n) is 16.6. The van der Waals surface area contributed by atoms with Gasteiger partial charge in [-0.15, -0.1) is 0 Å². The van der Waals surface area contributed by atoms with Gasteiger partial charge in [-0.2, -0.15) is 22.0 Å². The van der Waals surface area contributed by atoms with E-state index in [1.807, 2.05) is 0 Å². The van der Waals surface area contributed by atoms with E-state index in [9.17, 15) is 26.3 Å². The first kappa shape index (κ1) is 22.3. The van der Waals surface area contributed by atoms with Crippen molar-refractivity contribution in [3.8, 4) is 11.6 Å². The predicted molar refractivity (Wildman–Crippen MR) is 108 cm³/mol. The fraction of sp³-hybridized carbons (Fsp3) is 0.136. The molecule has 0 atom stereocenters. The molecule has 0 fully saturated rings. The van der Waals surface area contributed by atoms with Crippen molar-refractivity contribution in [3.05, 3.63) is 84.1 Å². The minimum Gasteiger partial charge on any atom is -0.439 e. The molecule has 4 aromatic rings. The van der Waals surface area contributed by atoms with Crippen LogP contribution in [0.1, 0.15) is 11.1 Å². The molecule has 0 amide bonds. The highest BCUT2D eigenvalue weighted by Crippen LogP contribution is 2.34. The van der Waals surface area contributed by atoms with Gasteiger partial charge in [0.05, 0.1) is 23.2 Å². The smallest absolute Gasteiger partial charge is 0.417 e. The Bertz CT molecular complexity index is 1270. The number of nitrogens with zero attached hydrogens (tertiary/aromatic N) is 3. The molecule has 4 rings (SSSR count). The molecule has 0 aliphatic carbocycles. The summed E-state index contributed by atoms with van der Waals surface area (Å²) in [6, 6.07) is 11.1. The molecule has 0 aliphatic heterocycles. The van der Waals surface area contributed by atoms with E-state index in [1.54, 1.807) is 24.3 Å². The predicted octanol–water partition coefficient (Wildman–Crippen LogP) is 6.18. The van der Waals surface area contributed by atoms with Crippen LogP contribution in [0.2, 0.25) is 0 Å². The Kier molecular flexibility index (Phi) is 5.79. The van der Waals surface area contributed by atoms with Gasteiger partial charge in [-0.25, -0.2) is 19.3 Å². The van der Waals surface area contributed by atoms with Crippen LogP contribution in [0.25, 0.3) is 10.9 Å². The lowest BCUT2D eigenvalue weighted by atomic mass is 10.1. The summed E-state index contributed by atoms with van der Waals surface area (Å²) in [7, 11) is 0. The molecule has 0 aliphatic rings. The van der Waals surface area contributed by atoms with E-state index in [4.69, 9.17) is 4.74 Å². The molecule has 2 aromatic heterocycles. The molecule has 11 heteroatoms. The maximum Gasteiger partial charge on any atom is 0.417 e. The standard InChI is InChI=1S/C22H14F6N4O/c23-17-9-14(33-19-8-5-13(10-29-19)22(26,27)28)6-7-16(17)21(24,25)11-30-20-15-3-1-2-4-18(15)31-12-32-20/h1-10,12H,11H2,(H,30,31,32). The fourth-order valence-electron chi connectivity index (χ4n) is 3.02. The topological polar surface area (TPSA) is 59.9 Å². The number of pyridine rings is 1. The van der Waals surface area contributed by atoms with E-state index in [1.165, 1.54) is 6.33 Å².